The van der Waals surface area contributed by atoms with Crippen LogP contribution in [0.15, 0.2) is 29.2 Å². The molecule has 2 saturated heterocycles. The van der Waals surface area contributed by atoms with E-state index in [1.165, 1.54) is 16.7 Å². The molecule has 2 aliphatic heterocycles. The Hall–Kier alpha value is -1.90. The molecule has 8 heteroatoms. The van der Waals surface area contributed by atoms with Gasteiger partial charge in [0.05, 0.1) is 12.0 Å². The number of rotatable bonds is 6. The highest BCUT2D eigenvalue weighted by Gasteiger charge is 2.41. The SMILES string of the molecule is COc1ccccc1/C=C1/SC(=S)N(C(C)C(=O)N2CCCCC2CCO)C1=O. The van der Waals surface area contributed by atoms with Crippen LogP contribution in [0.3, 0.4) is 0 Å². The first-order chi connectivity index (χ1) is 14.0. The number of amides is 2. The van der Waals surface area contributed by atoms with Gasteiger partial charge in [-0.05, 0) is 44.7 Å². The van der Waals surface area contributed by atoms with Crippen molar-refractivity contribution < 1.29 is 19.4 Å². The van der Waals surface area contributed by atoms with Gasteiger partial charge in [0.25, 0.3) is 5.91 Å². The van der Waals surface area contributed by atoms with Gasteiger partial charge in [0, 0.05) is 24.8 Å². The number of ether oxygens (including phenoxy) is 1. The van der Waals surface area contributed by atoms with E-state index in [0.29, 0.717) is 27.9 Å². The number of para-hydroxylation sites is 1. The van der Waals surface area contributed by atoms with Crippen LogP contribution in [0, 0.1) is 0 Å². The molecule has 1 aromatic carbocycles. The number of piperidine rings is 1. The minimum absolute atomic E-state index is 0.0197. The Morgan fingerprint density at radius 2 is 2.17 bits per heavy atom. The van der Waals surface area contributed by atoms with E-state index in [2.05, 4.69) is 0 Å². The monoisotopic (exact) mass is 434 g/mol. The van der Waals surface area contributed by atoms with Crippen molar-refractivity contribution in [3.05, 3.63) is 34.7 Å². The van der Waals surface area contributed by atoms with Gasteiger partial charge < -0.3 is 14.7 Å². The first kappa shape index (κ1) is 21.8. The maximum Gasteiger partial charge on any atom is 0.266 e. The second-order valence-corrected chi connectivity index (χ2v) is 8.84. The summed E-state index contributed by atoms with van der Waals surface area (Å²) in [5.74, 6) is 0.294. The number of methoxy groups -OCH3 is 1. The Morgan fingerprint density at radius 1 is 1.41 bits per heavy atom. The number of carbonyl (C=O) groups is 2. The molecule has 0 spiro atoms. The Labute approximate surface area is 180 Å². The first-order valence-electron chi connectivity index (χ1n) is 9.79. The van der Waals surface area contributed by atoms with Crippen LogP contribution in [0.2, 0.25) is 0 Å². The molecule has 0 saturated carbocycles. The highest BCUT2D eigenvalue weighted by atomic mass is 32.2. The number of nitrogens with zero attached hydrogens (tertiary/aromatic N) is 2. The Bertz CT molecular complexity index is 825. The fourth-order valence-electron chi connectivity index (χ4n) is 3.83. The van der Waals surface area contributed by atoms with Gasteiger partial charge in [-0.2, -0.15) is 0 Å². The molecule has 3 rings (SSSR count). The number of carbonyl (C=O) groups excluding carboxylic acids is 2. The molecule has 0 radical (unpaired) electrons. The van der Waals surface area contributed by atoms with E-state index in [9.17, 15) is 14.7 Å². The van der Waals surface area contributed by atoms with Crippen LogP contribution in [0.5, 0.6) is 5.75 Å². The average Bonchev–Trinajstić information content (AvgIpc) is 3.01. The molecule has 2 heterocycles. The highest BCUT2D eigenvalue weighted by Crippen LogP contribution is 2.36. The largest absolute Gasteiger partial charge is 0.496 e. The molecule has 0 aliphatic carbocycles. The number of benzene rings is 1. The molecule has 2 atom stereocenters. The van der Waals surface area contributed by atoms with E-state index >= 15 is 0 Å². The molecule has 2 aliphatic rings. The minimum Gasteiger partial charge on any atom is -0.496 e. The standard InChI is InChI=1S/C21H26N2O4S2/c1-14(19(25)22-11-6-5-8-16(22)10-12-24)23-20(26)18(29-21(23)28)13-15-7-3-4-9-17(15)27-2/h3-4,7,9,13-14,16,24H,5-6,8,10-12H2,1-2H3/b18-13+. The summed E-state index contributed by atoms with van der Waals surface area (Å²) in [7, 11) is 1.58. The van der Waals surface area contributed by atoms with Crippen LogP contribution in [0.1, 0.15) is 38.2 Å². The zero-order chi connectivity index (χ0) is 21.0. The van der Waals surface area contributed by atoms with E-state index in [0.717, 1.165) is 24.8 Å². The quantitative estimate of drug-likeness (QED) is 0.548. The number of thioether (sulfide) groups is 1. The number of hydrogen-bond acceptors (Lipinski definition) is 6. The summed E-state index contributed by atoms with van der Waals surface area (Å²) >= 11 is 6.64. The molecule has 2 unspecified atom stereocenters. The summed E-state index contributed by atoms with van der Waals surface area (Å²) in [4.78, 5) is 29.9. The molecule has 29 heavy (non-hydrogen) atoms. The predicted molar refractivity (Wildman–Crippen MR) is 119 cm³/mol. The summed E-state index contributed by atoms with van der Waals surface area (Å²) in [5, 5.41) is 9.33. The first-order valence-corrected chi connectivity index (χ1v) is 11.0. The zero-order valence-corrected chi connectivity index (χ0v) is 18.3. The van der Waals surface area contributed by atoms with Gasteiger partial charge >= 0.3 is 0 Å². The molecule has 156 valence electrons. The van der Waals surface area contributed by atoms with E-state index in [-0.39, 0.29) is 24.5 Å². The summed E-state index contributed by atoms with van der Waals surface area (Å²) in [6.07, 6.45) is 5.18. The Morgan fingerprint density at radius 3 is 2.90 bits per heavy atom. The fourth-order valence-corrected chi connectivity index (χ4v) is 5.24. The topological polar surface area (TPSA) is 70.1 Å². The van der Waals surface area contributed by atoms with Gasteiger partial charge in [0.2, 0.25) is 5.91 Å². The smallest absolute Gasteiger partial charge is 0.266 e. The lowest BCUT2D eigenvalue weighted by molar-refractivity contribution is -0.142. The fraction of sp³-hybridized carbons (Fsp3) is 0.476. The maximum absolute atomic E-state index is 13.2. The van der Waals surface area contributed by atoms with Gasteiger partial charge in [-0.3, -0.25) is 14.5 Å². The summed E-state index contributed by atoms with van der Waals surface area (Å²) in [5.41, 5.74) is 0.786. The molecule has 6 nitrogen and oxygen atoms in total. The predicted octanol–water partition coefficient (Wildman–Crippen LogP) is 3.05. The lowest BCUT2D eigenvalue weighted by Gasteiger charge is -2.38. The number of aliphatic hydroxyl groups excluding tert-OH is 1. The summed E-state index contributed by atoms with van der Waals surface area (Å²) < 4.78 is 5.73. The maximum atomic E-state index is 13.2. The van der Waals surface area contributed by atoms with Crippen molar-refractivity contribution in [1.82, 2.24) is 9.80 Å². The minimum atomic E-state index is -0.676. The second-order valence-electron chi connectivity index (χ2n) is 7.16. The third-order valence-electron chi connectivity index (χ3n) is 5.37. The normalized spacial score (nSPS) is 22.3. The van der Waals surface area contributed by atoms with Gasteiger partial charge in [-0.15, -0.1) is 0 Å². The average molecular weight is 435 g/mol. The number of thiocarbonyl (C=S) groups is 1. The van der Waals surface area contributed by atoms with Crippen molar-refractivity contribution in [2.75, 3.05) is 20.3 Å². The highest BCUT2D eigenvalue weighted by molar-refractivity contribution is 8.26. The molecular weight excluding hydrogens is 408 g/mol. The van der Waals surface area contributed by atoms with E-state index in [4.69, 9.17) is 17.0 Å². The van der Waals surface area contributed by atoms with Crippen LogP contribution in [0.4, 0.5) is 0 Å². The zero-order valence-electron chi connectivity index (χ0n) is 16.7. The Balaban J connectivity index is 1.80. The van der Waals surface area contributed by atoms with Crippen LogP contribution >= 0.6 is 24.0 Å². The number of likely N-dealkylation sites (tertiary alicyclic amines) is 1. The van der Waals surface area contributed by atoms with Crippen LogP contribution < -0.4 is 4.74 Å². The van der Waals surface area contributed by atoms with Gasteiger partial charge in [-0.1, -0.05) is 42.2 Å². The molecule has 1 aromatic rings. The third kappa shape index (κ3) is 4.65. The van der Waals surface area contributed by atoms with Gasteiger partial charge in [-0.25, -0.2) is 0 Å². The van der Waals surface area contributed by atoms with Crippen molar-refractivity contribution >= 4 is 46.2 Å². The number of aliphatic hydroxyl groups is 1. The van der Waals surface area contributed by atoms with Crippen molar-refractivity contribution in [1.29, 1.82) is 0 Å². The summed E-state index contributed by atoms with van der Waals surface area (Å²) in [6.45, 7) is 2.43. The summed E-state index contributed by atoms with van der Waals surface area (Å²) in [6, 6.07) is 6.78. The lowest BCUT2D eigenvalue weighted by Crippen LogP contribution is -2.53. The van der Waals surface area contributed by atoms with Crippen molar-refractivity contribution in [2.45, 2.75) is 44.7 Å². The second kappa shape index (κ2) is 9.73. The molecule has 1 N–H and O–H groups in total. The molecule has 2 fully saturated rings. The third-order valence-corrected chi connectivity index (χ3v) is 6.70. The molecule has 2 amide bonds. The van der Waals surface area contributed by atoms with Crippen LogP contribution in [0.25, 0.3) is 6.08 Å². The van der Waals surface area contributed by atoms with Crippen molar-refractivity contribution in [2.24, 2.45) is 0 Å². The van der Waals surface area contributed by atoms with Crippen molar-refractivity contribution in [3.63, 3.8) is 0 Å². The van der Waals surface area contributed by atoms with E-state index in [1.807, 2.05) is 29.2 Å². The van der Waals surface area contributed by atoms with E-state index < -0.39 is 6.04 Å². The molecule has 0 aromatic heterocycles. The van der Waals surface area contributed by atoms with Crippen molar-refractivity contribution in [3.8, 4) is 5.75 Å². The Kier molecular flexibility index (Phi) is 7.32. The van der Waals surface area contributed by atoms with Gasteiger partial charge in [0.15, 0.2) is 0 Å². The molecular formula is C21H26N2O4S2. The lowest BCUT2D eigenvalue weighted by atomic mass is 9.98. The number of hydrogen-bond donors (Lipinski definition) is 1. The van der Waals surface area contributed by atoms with Gasteiger partial charge in [0.1, 0.15) is 16.1 Å². The molecule has 0 bridgehead atoms. The van der Waals surface area contributed by atoms with Crippen LogP contribution in [-0.4, -0.2) is 63.4 Å². The van der Waals surface area contributed by atoms with Crippen LogP contribution in [-0.2, 0) is 9.59 Å². The van der Waals surface area contributed by atoms with E-state index in [1.54, 1.807) is 20.1 Å².